The minimum Gasteiger partial charge on any atom is -0.463 e. The van der Waals surface area contributed by atoms with Gasteiger partial charge in [-0.15, -0.1) is 0 Å². The van der Waals surface area contributed by atoms with Crippen molar-refractivity contribution in [1.82, 2.24) is 4.57 Å². The number of hydrogen-bond acceptors (Lipinski definition) is 8. The second-order valence-electron chi connectivity index (χ2n) is 9.81. The molecule has 0 spiro atoms. The first-order chi connectivity index (χ1) is 19.1. The van der Waals surface area contributed by atoms with Gasteiger partial charge in [-0.2, -0.15) is 0 Å². The molecule has 0 saturated carbocycles. The molecule has 1 saturated heterocycles. The van der Waals surface area contributed by atoms with E-state index in [0.717, 1.165) is 30.6 Å². The molecule has 2 aromatic carbocycles. The number of ether oxygens (including phenoxy) is 3. The molecule has 0 bridgehead atoms. The normalized spacial score (nSPS) is 18.4. The smallest absolute Gasteiger partial charge is 0.338 e. The largest absolute Gasteiger partial charge is 0.463 e. The van der Waals surface area contributed by atoms with Crippen LogP contribution in [0.2, 0.25) is 0 Å². The molecule has 4 heterocycles. The summed E-state index contributed by atoms with van der Waals surface area (Å²) in [5.74, 6) is 0.767. The zero-order valence-corrected chi connectivity index (χ0v) is 23.0. The highest BCUT2D eigenvalue weighted by atomic mass is 32.1. The van der Waals surface area contributed by atoms with Crippen LogP contribution in [0.1, 0.15) is 56.7 Å². The van der Waals surface area contributed by atoms with Crippen LogP contribution in [0.5, 0.6) is 11.5 Å². The lowest BCUT2D eigenvalue weighted by Crippen LogP contribution is -2.40. The number of nitrogens with zero attached hydrogens (tertiary/aromatic N) is 3. The molecule has 0 radical (unpaired) electrons. The highest BCUT2D eigenvalue weighted by molar-refractivity contribution is 7.07. The van der Waals surface area contributed by atoms with Crippen molar-refractivity contribution < 1.29 is 19.0 Å². The Balaban J connectivity index is 1.48. The lowest BCUT2D eigenvalue weighted by molar-refractivity contribution is -0.139. The molecule has 3 aliphatic heterocycles. The number of aromatic nitrogens is 1. The number of carbonyl (C=O) groups is 1. The van der Waals surface area contributed by atoms with Crippen molar-refractivity contribution >= 4 is 29.1 Å². The van der Waals surface area contributed by atoms with Crippen molar-refractivity contribution in [3.63, 3.8) is 0 Å². The van der Waals surface area contributed by atoms with Crippen molar-refractivity contribution in [2.24, 2.45) is 4.99 Å². The van der Waals surface area contributed by atoms with Gasteiger partial charge in [-0.25, -0.2) is 9.79 Å². The first-order valence-electron chi connectivity index (χ1n) is 13.5. The molecule has 0 unspecified atom stereocenters. The Morgan fingerprint density at radius 2 is 1.87 bits per heavy atom. The van der Waals surface area contributed by atoms with E-state index in [1.807, 2.05) is 43.3 Å². The molecule has 39 heavy (non-hydrogen) atoms. The number of carbonyl (C=O) groups excluding carboxylic acids is 1. The third-order valence-corrected chi connectivity index (χ3v) is 8.25. The van der Waals surface area contributed by atoms with E-state index < -0.39 is 12.0 Å². The number of benzene rings is 2. The van der Waals surface area contributed by atoms with Crippen LogP contribution in [0, 0.1) is 0 Å². The van der Waals surface area contributed by atoms with Gasteiger partial charge in [0.1, 0.15) is 0 Å². The van der Waals surface area contributed by atoms with Crippen molar-refractivity contribution in [3.05, 3.63) is 84.5 Å². The number of rotatable bonds is 7. The lowest BCUT2D eigenvalue weighted by atomic mass is 9.94. The number of esters is 1. The topological polar surface area (TPSA) is 82.4 Å². The fourth-order valence-corrected chi connectivity index (χ4v) is 6.45. The van der Waals surface area contributed by atoms with Crippen molar-refractivity contribution in [1.29, 1.82) is 0 Å². The van der Waals surface area contributed by atoms with E-state index >= 15 is 0 Å². The first kappa shape index (κ1) is 25.4. The van der Waals surface area contributed by atoms with E-state index in [1.54, 1.807) is 11.5 Å². The summed E-state index contributed by atoms with van der Waals surface area (Å²) in [4.78, 5) is 35.1. The molecule has 0 N–H and O–H groups in total. The van der Waals surface area contributed by atoms with Crippen LogP contribution < -0.4 is 29.3 Å². The number of thiazole rings is 1. The van der Waals surface area contributed by atoms with E-state index in [2.05, 4.69) is 17.0 Å². The SMILES string of the molecule is CCCC1=C(C(=O)OCC)[C@H](c2ccc3c(c2)OCO3)n2c(s/c(=C/c3ccc(N4CCCC4)cc3)c2=O)=N1. The van der Waals surface area contributed by atoms with Gasteiger partial charge in [0, 0.05) is 18.8 Å². The summed E-state index contributed by atoms with van der Waals surface area (Å²) >= 11 is 1.34. The Kier molecular flexibility index (Phi) is 6.99. The number of allylic oxidation sites excluding steroid dienone is 1. The Bertz CT molecular complexity index is 1610. The van der Waals surface area contributed by atoms with Crippen LogP contribution in [0.25, 0.3) is 6.08 Å². The molecule has 3 aromatic rings. The second kappa shape index (κ2) is 10.7. The van der Waals surface area contributed by atoms with Gasteiger partial charge in [-0.3, -0.25) is 9.36 Å². The molecule has 1 fully saturated rings. The summed E-state index contributed by atoms with van der Waals surface area (Å²) in [6, 6.07) is 13.2. The van der Waals surface area contributed by atoms with Crippen LogP contribution in [-0.2, 0) is 9.53 Å². The quantitative estimate of drug-likeness (QED) is 0.419. The zero-order chi connectivity index (χ0) is 26.9. The first-order valence-corrected chi connectivity index (χ1v) is 14.4. The van der Waals surface area contributed by atoms with Gasteiger partial charge in [0.05, 0.1) is 28.5 Å². The summed E-state index contributed by atoms with van der Waals surface area (Å²) in [6.45, 7) is 6.36. The molecule has 0 aliphatic carbocycles. The number of fused-ring (bicyclic) bond motifs is 2. The van der Waals surface area contributed by atoms with Gasteiger partial charge in [0.15, 0.2) is 16.3 Å². The second-order valence-corrected chi connectivity index (χ2v) is 10.8. The molecule has 3 aliphatic rings. The van der Waals surface area contributed by atoms with E-state index in [0.29, 0.717) is 38.5 Å². The Morgan fingerprint density at radius 3 is 2.62 bits per heavy atom. The fourth-order valence-electron chi connectivity index (χ4n) is 5.43. The van der Waals surface area contributed by atoms with Gasteiger partial charge in [-0.1, -0.05) is 42.9 Å². The van der Waals surface area contributed by atoms with Crippen LogP contribution in [0.4, 0.5) is 5.69 Å². The fraction of sp³-hybridized carbons (Fsp3) is 0.367. The average Bonchev–Trinajstić information content (AvgIpc) is 3.70. The van der Waals surface area contributed by atoms with Crippen LogP contribution >= 0.6 is 11.3 Å². The minimum atomic E-state index is -0.684. The summed E-state index contributed by atoms with van der Waals surface area (Å²) < 4.78 is 18.8. The highest BCUT2D eigenvalue weighted by Crippen LogP contribution is 2.38. The van der Waals surface area contributed by atoms with Crippen LogP contribution in [0.3, 0.4) is 0 Å². The van der Waals surface area contributed by atoms with Gasteiger partial charge < -0.3 is 19.1 Å². The van der Waals surface area contributed by atoms with E-state index in [4.69, 9.17) is 19.2 Å². The maximum absolute atomic E-state index is 13.9. The summed E-state index contributed by atoms with van der Waals surface area (Å²) in [7, 11) is 0. The van der Waals surface area contributed by atoms with Gasteiger partial charge in [0.2, 0.25) is 6.79 Å². The molecule has 9 heteroatoms. The Labute approximate surface area is 230 Å². The minimum absolute atomic E-state index is 0.139. The predicted octanol–water partition coefficient (Wildman–Crippen LogP) is 3.91. The molecule has 1 atom stereocenters. The number of anilines is 1. The molecular formula is C30H31N3O5S. The van der Waals surface area contributed by atoms with Gasteiger partial charge >= 0.3 is 5.97 Å². The van der Waals surface area contributed by atoms with Crippen molar-refractivity contribution in [2.75, 3.05) is 31.4 Å². The standard InChI is InChI=1S/C30H31N3O5S/c1-3-7-22-26(29(35)36-4-2)27(20-10-13-23-24(17-20)38-18-37-23)33-28(34)25(39-30(33)31-22)16-19-8-11-21(12-9-19)32-14-5-6-15-32/h8-13,16-17,27H,3-7,14-15,18H2,1-2H3/b25-16+/t27-/m0/s1. The van der Waals surface area contributed by atoms with E-state index in [-0.39, 0.29) is 19.0 Å². The maximum Gasteiger partial charge on any atom is 0.338 e. The molecule has 8 nitrogen and oxygen atoms in total. The molecule has 1 aromatic heterocycles. The maximum atomic E-state index is 13.9. The van der Waals surface area contributed by atoms with Crippen LogP contribution in [0.15, 0.2) is 63.5 Å². The summed E-state index contributed by atoms with van der Waals surface area (Å²) in [6.07, 6.45) is 5.75. The third-order valence-electron chi connectivity index (χ3n) is 7.27. The predicted molar refractivity (Wildman–Crippen MR) is 150 cm³/mol. The van der Waals surface area contributed by atoms with Crippen molar-refractivity contribution in [2.45, 2.75) is 45.6 Å². The zero-order valence-electron chi connectivity index (χ0n) is 22.1. The molecule has 202 valence electrons. The third kappa shape index (κ3) is 4.76. The summed E-state index contributed by atoms with van der Waals surface area (Å²) in [5.41, 5.74) is 3.75. The molecule has 6 rings (SSSR count). The monoisotopic (exact) mass is 545 g/mol. The van der Waals surface area contributed by atoms with E-state index in [1.165, 1.54) is 29.9 Å². The van der Waals surface area contributed by atoms with Crippen LogP contribution in [-0.4, -0.2) is 37.0 Å². The van der Waals surface area contributed by atoms with Gasteiger partial charge in [-0.05, 0) is 67.7 Å². The molecule has 0 amide bonds. The highest BCUT2D eigenvalue weighted by Gasteiger charge is 2.35. The van der Waals surface area contributed by atoms with E-state index in [9.17, 15) is 9.59 Å². The molecular weight excluding hydrogens is 514 g/mol. The Hall–Kier alpha value is -3.85. The summed E-state index contributed by atoms with van der Waals surface area (Å²) in [5, 5.41) is 0. The lowest BCUT2D eigenvalue weighted by Gasteiger charge is -2.25. The van der Waals surface area contributed by atoms with Gasteiger partial charge in [0.25, 0.3) is 5.56 Å². The number of hydrogen-bond donors (Lipinski definition) is 0. The van der Waals surface area contributed by atoms with Crippen molar-refractivity contribution in [3.8, 4) is 11.5 Å². The average molecular weight is 546 g/mol. The Morgan fingerprint density at radius 1 is 1.10 bits per heavy atom.